The van der Waals surface area contributed by atoms with Crippen molar-refractivity contribution in [2.75, 3.05) is 13.2 Å². The van der Waals surface area contributed by atoms with Gasteiger partial charge in [-0.25, -0.2) is 0 Å². The molecule has 0 N–H and O–H groups in total. The molecule has 0 aromatic carbocycles. The maximum atomic E-state index is 5.89. The molecule has 1 aliphatic heterocycles. The minimum Gasteiger partial charge on any atom is -0.347 e. The summed E-state index contributed by atoms with van der Waals surface area (Å²) < 4.78 is 11.8. The summed E-state index contributed by atoms with van der Waals surface area (Å²) in [6.07, 6.45) is 9.48. The van der Waals surface area contributed by atoms with E-state index >= 15 is 0 Å². The van der Waals surface area contributed by atoms with Crippen LogP contribution in [0, 0.1) is 11.8 Å². The van der Waals surface area contributed by atoms with E-state index in [4.69, 9.17) is 9.47 Å². The van der Waals surface area contributed by atoms with Gasteiger partial charge in [0.1, 0.15) is 0 Å². The number of rotatable bonds is 0. The van der Waals surface area contributed by atoms with Gasteiger partial charge in [0.2, 0.25) is 0 Å². The fourth-order valence-corrected chi connectivity index (χ4v) is 3.14. The summed E-state index contributed by atoms with van der Waals surface area (Å²) in [6, 6.07) is 0. The van der Waals surface area contributed by atoms with Gasteiger partial charge in [0.25, 0.3) is 0 Å². The van der Waals surface area contributed by atoms with E-state index in [-0.39, 0.29) is 5.79 Å². The van der Waals surface area contributed by atoms with Crippen LogP contribution in [-0.4, -0.2) is 19.0 Å². The highest BCUT2D eigenvalue weighted by Gasteiger charge is 2.54. The van der Waals surface area contributed by atoms with Crippen molar-refractivity contribution in [2.45, 2.75) is 31.5 Å². The Morgan fingerprint density at radius 2 is 1.46 bits per heavy atom. The zero-order chi connectivity index (χ0) is 8.73. The van der Waals surface area contributed by atoms with Crippen molar-refractivity contribution >= 4 is 0 Å². The first-order chi connectivity index (χ1) is 6.42. The molecule has 2 aliphatic carbocycles. The summed E-state index contributed by atoms with van der Waals surface area (Å²) in [4.78, 5) is 0. The zero-order valence-corrected chi connectivity index (χ0v) is 7.87. The van der Waals surface area contributed by atoms with Gasteiger partial charge in [0.05, 0.1) is 13.2 Å². The van der Waals surface area contributed by atoms with Crippen molar-refractivity contribution in [3.63, 3.8) is 0 Å². The molecule has 1 heterocycles. The van der Waals surface area contributed by atoms with Crippen molar-refractivity contribution in [1.29, 1.82) is 0 Å². The minimum absolute atomic E-state index is 0.177. The molecule has 1 spiro atoms. The van der Waals surface area contributed by atoms with Crippen LogP contribution in [0.2, 0.25) is 0 Å². The predicted molar refractivity (Wildman–Crippen MR) is 49.2 cm³/mol. The fraction of sp³-hybridized carbons (Fsp3) is 0.818. The molecule has 2 heteroatoms. The minimum atomic E-state index is -0.177. The van der Waals surface area contributed by atoms with Crippen LogP contribution in [0.25, 0.3) is 0 Å². The van der Waals surface area contributed by atoms with Crippen molar-refractivity contribution in [3.05, 3.63) is 12.2 Å². The van der Waals surface area contributed by atoms with Crippen molar-refractivity contribution in [2.24, 2.45) is 11.8 Å². The van der Waals surface area contributed by atoms with Gasteiger partial charge in [-0.15, -0.1) is 0 Å². The smallest absolute Gasteiger partial charge is 0.174 e. The second-order valence-corrected chi connectivity index (χ2v) is 4.33. The Bertz CT molecular complexity index is 210. The maximum Gasteiger partial charge on any atom is 0.174 e. The first-order valence-electron chi connectivity index (χ1n) is 5.35. The topological polar surface area (TPSA) is 18.5 Å². The Balaban J connectivity index is 1.94. The van der Waals surface area contributed by atoms with Crippen LogP contribution in [0.15, 0.2) is 12.2 Å². The molecule has 0 aromatic rings. The van der Waals surface area contributed by atoms with E-state index in [0.717, 1.165) is 26.1 Å². The number of allylic oxidation sites excluding steroid dienone is 2. The monoisotopic (exact) mass is 180 g/mol. The van der Waals surface area contributed by atoms with Gasteiger partial charge in [-0.3, -0.25) is 0 Å². The molecule has 2 fully saturated rings. The summed E-state index contributed by atoms with van der Waals surface area (Å²) in [5.41, 5.74) is 0. The molecule has 72 valence electrons. The molecule has 1 saturated carbocycles. The normalized spacial score (nSPS) is 41.2. The standard InChI is InChI=1S/C11H16O2/c1-2-4-10-6-5-9(3-1)11(10)12-7-8-13-11/h1-2,9-10H,3-8H2. The Morgan fingerprint density at radius 3 is 2.00 bits per heavy atom. The second kappa shape index (κ2) is 2.82. The number of hydrogen-bond donors (Lipinski definition) is 0. The van der Waals surface area contributed by atoms with E-state index in [0.29, 0.717) is 11.8 Å². The first-order valence-corrected chi connectivity index (χ1v) is 5.35. The quantitative estimate of drug-likeness (QED) is 0.531. The van der Waals surface area contributed by atoms with Crippen LogP contribution in [0.4, 0.5) is 0 Å². The van der Waals surface area contributed by atoms with Crippen LogP contribution in [0.5, 0.6) is 0 Å². The predicted octanol–water partition coefficient (Wildman–Crippen LogP) is 2.11. The van der Waals surface area contributed by atoms with E-state index in [1.807, 2.05) is 0 Å². The van der Waals surface area contributed by atoms with Crippen LogP contribution in [-0.2, 0) is 9.47 Å². The highest BCUT2D eigenvalue weighted by molar-refractivity contribution is 5.05. The van der Waals surface area contributed by atoms with Crippen LogP contribution in [0.3, 0.4) is 0 Å². The molecule has 0 amide bonds. The highest BCUT2D eigenvalue weighted by atomic mass is 16.7. The van der Waals surface area contributed by atoms with Gasteiger partial charge in [0, 0.05) is 11.8 Å². The van der Waals surface area contributed by atoms with E-state index < -0.39 is 0 Å². The highest BCUT2D eigenvalue weighted by Crippen LogP contribution is 2.50. The Kier molecular flexibility index (Phi) is 1.74. The van der Waals surface area contributed by atoms with Crippen molar-refractivity contribution in [3.8, 4) is 0 Å². The van der Waals surface area contributed by atoms with E-state index in [2.05, 4.69) is 12.2 Å². The summed E-state index contributed by atoms with van der Waals surface area (Å²) >= 11 is 0. The summed E-state index contributed by atoms with van der Waals surface area (Å²) in [5.74, 6) is 1.07. The van der Waals surface area contributed by atoms with Gasteiger partial charge >= 0.3 is 0 Å². The lowest BCUT2D eigenvalue weighted by Crippen LogP contribution is -2.40. The van der Waals surface area contributed by atoms with Gasteiger partial charge in [-0.05, 0) is 25.7 Å². The maximum absolute atomic E-state index is 5.89. The molecule has 2 atom stereocenters. The number of hydrogen-bond acceptors (Lipinski definition) is 2. The fourth-order valence-electron chi connectivity index (χ4n) is 3.14. The third-order valence-electron chi connectivity index (χ3n) is 3.75. The molecule has 2 unspecified atom stereocenters. The Labute approximate surface area is 78.9 Å². The lowest BCUT2D eigenvalue weighted by Gasteiger charge is -2.32. The average molecular weight is 180 g/mol. The van der Waals surface area contributed by atoms with Gasteiger partial charge < -0.3 is 9.47 Å². The van der Waals surface area contributed by atoms with Gasteiger partial charge in [-0.1, -0.05) is 12.2 Å². The average Bonchev–Trinajstić information content (AvgIpc) is 2.61. The zero-order valence-electron chi connectivity index (χ0n) is 7.87. The molecule has 13 heavy (non-hydrogen) atoms. The first kappa shape index (κ1) is 8.01. The lowest BCUT2D eigenvalue weighted by atomic mass is 9.94. The van der Waals surface area contributed by atoms with E-state index in [9.17, 15) is 0 Å². The Morgan fingerprint density at radius 1 is 0.923 bits per heavy atom. The van der Waals surface area contributed by atoms with Crippen molar-refractivity contribution in [1.82, 2.24) is 0 Å². The third kappa shape index (κ3) is 1.02. The Hall–Kier alpha value is -0.340. The summed E-state index contributed by atoms with van der Waals surface area (Å²) in [6.45, 7) is 1.60. The molecule has 2 nitrogen and oxygen atoms in total. The number of ether oxygens (including phenoxy) is 2. The molecular formula is C11H16O2. The molecule has 3 rings (SSSR count). The summed E-state index contributed by atoms with van der Waals surface area (Å²) in [7, 11) is 0. The summed E-state index contributed by atoms with van der Waals surface area (Å²) in [5, 5.41) is 0. The largest absolute Gasteiger partial charge is 0.347 e. The lowest BCUT2D eigenvalue weighted by molar-refractivity contribution is -0.206. The van der Waals surface area contributed by atoms with Crippen molar-refractivity contribution < 1.29 is 9.47 Å². The van der Waals surface area contributed by atoms with Gasteiger partial charge in [-0.2, -0.15) is 0 Å². The van der Waals surface area contributed by atoms with Crippen LogP contribution in [0.1, 0.15) is 25.7 Å². The van der Waals surface area contributed by atoms with E-state index in [1.165, 1.54) is 12.8 Å². The molecule has 2 bridgehead atoms. The van der Waals surface area contributed by atoms with Gasteiger partial charge in [0.15, 0.2) is 5.79 Å². The van der Waals surface area contributed by atoms with E-state index in [1.54, 1.807) is 0 Å². The van der Waals surface area contributed by atoms with Crippen LogP contribution < -0.4 is 0 Å². The molecule has 0 aromatic heterocycles. The molecule has 3 aliphatic rings. The molecular weight excluding hydrogens is 164 g/mol. The molecule has 0 radical (unpaired) electrons. The van der Waals surface area contributed by atoms with Crippen LogP contribution >= 0.6 is 0 Å². The molecule has 1 saturated heterocycles. The second-order valence-electron chi connectivity index (χ2n) is 4.33. The third-order valence-corrected chi connectivity index (χ3v) is 3.75. The SMILES string of the molecule is C1=CCC2CCC(C1)C21OCCO1.